The van der Waals surface area contributed by atoms with Crippen LogP contribution in [0.3, 0.4) is 0 Å². The molecule has 0 amide bonds. The van der Waals surface area contributed by atoms with Crippen LogP contribution in [0.25, 0.3) is 10.9 Å². The minimum absolute atomic E-state index is 0.0271. The number of rotatable bonds is 4. The zero-order valence-corrected chi connectivity index (χ0v) is 14.3. The number of alkyl halides is 3. The number of aromatic nitrogens is 2. The minimum Gasteiger partial charge on any atom is -0.360 e. The molecule has 2 aromatic heterocycles. The van der Waals surface area contributed by atoms with Crippen LogP contribution in [0.2, 0.25) is 0 Å². The fourth-order valence-corrected chi connectivity index (χ4v) is 3.80. The molecule has 0 aliphatic carbocycles. The number of nitrogens with one attached hydrogen (secondary N) is 2. The van der Waals surface area contributed by atoms with E-state index in [1.165, 1.54) is 22.9 Å². The summed E-state index contributed by atoms with van der Waals surface area (Å²) in [7, 11) is -4.17. The van der Waals surface area contributed by atoms with Crippen molar-refractivity contribution in [1.82, 2.24) is 9.55 Å². The second-order valence-electron chi connectivity index (χ2n) is 5.53. The maximum absolute atomic E-state index is 12.8. The standard InChI is InChI=1S/C16H14F3N3O3S/c1-2-22-7-3-4-12(15(22)23)21-26(24,25)14-9-20-13-8-10(16(17,18)19)5-6-11(13)14/h3-9,20-21H,2H2,1H3. The molecule has 26 heavy (non-hydrogen) atoms. The highest BCUT2D eigenvalue weighted by Gasteiger charge is 2.31. The number of fused-ring (bicyclic) bond motifs is 1. The molecule has 2 N–H and O–H groups in total. The molecule has 0 atom stereocenters. The lowest BCUT2D eigenvalue weighted by Gasteiger charge is -2.09. The molecule has 10 heteroatoms. The predicted octanol–water partition coefficient (Wildman–Crippen LogP) is 3.17. The molecule has 1 aromatic carbocycles. The molecule has 0 saturated heterocycles. The second-order valence-corrected chi connectivity index (χ2v) is 7.18. The van der Waals surface area contributed by atoms with Crippen molar-refractivity contribution >= 4 is 26.6 Å². The van der Waals surface area contributed by atoms with Gasteiger partial charge < -0.3 is 9.55 Å². The van der Waals surface area contributed by atoms with Crippen LogP contribution in [0, 0.1) is 0 Å². The van der Waals surface area contributed by atoms with Crippen molar-refractivity contribution in [3.63, 3.8) is 0 Å². The number of aryl methyl sites for hydroxylation is 1. The molecular formula is C16H14F3N3O3S. The number of hydrogen-bond acceptors (Lipinski definition) is 3. The summed E-state index contributed by atoms with van der Waals surface area (Å²) in [6, 6.07) is 5.57. The molecule has 0 spiro atoms. The van der Waals surface area contributed by atoms with Crippen LogP contribution < -0.4 is 10.3 Å². The normalized spacial score (nSPS) is 12.5. The van der Waals surface area contributed by atoms with Crippen molar-refractivity contribution in [2.24, 2.45) is 0 Å². The van der Waals surface area contributed by atoms with Crippen LogP contribution in [0.15, 0.2) is 52.4 Å². The third kappa shape index (κ3) is 3.19. The lowest BCUT2D eigenvalue weighted by Crippen LogP contribution is -2.25. The molecule has 0 aliphatic heterocycles. The van der Waals surface area contributed by atoms with E-state index < -0.39 is 27.3 Å². The monoisotopic (exact) mass is 385 g/mol. The van der Waals surface area contributed by atoms with Crippen LogP contribution in [-0.2, 0) is 22.7 Å². The lowest BCUT2D eigenvalue weighted by molar-refractivity contribution is -0.137. The van der Waals surface area contributed by atoms with Crippen molar-refractivity contribution in [3.05, 3.63) is 58.6 Å². The number of H-pyrrole nitrogens is 1. The Hall–Kier alpha value is -2.75. The van der Waals surface area contributed by atoms with Gasteiger partial charge in [0.2, 0.25) is 0 Å². The van der Waals surface area contributed by atoms with Gasteiger partial charge in [-0.2, -0.15) is 13.2 Å². The number of benzene rings is 1. The van der Waals surface area contributed by atoms with E-state index in [-0.39, 0.29) is 21.5 Å². The molecule has 0 saturated carbocycles. The second kappa shape index (κ2) is 6.20. The number of hydrogen-bond donors (Lipinski definition) is 2. The Kier molecular flexibility index (Phi) is 4.31. The third-order valence-corrected chi connectivity index (χ3v) is 5.27. The van der Waals surface area contributed by atoms with Gasteiger partial charge in [0.15, 0.2) is 0 Å². The Labute approximate surface area is 146 Å². The highest BCUT2D eigenvalue weighted by Crippen LogP contribution is 2.33. The predicted molar refractivity (Wildman–Crippen MR) is 90.5 cm³/mol. The first kappa shape index (κ1) is 18.1. The fraction of sp³-hybridized carbons (Fsp3) is 0.188. The highest BCUT2D eigenvalue weighted by atomic mass is 32.2. The summed E-state index contributed by atoms with van der Waals surface area (Å²) in [5, 5.41) is 0.0947. The molecule has 6 nitrogen and oxygen atoms in total. The summed E-state index contributed by atoms with van der Waals surface area (Å²) in [5.74, 6) is 0. The van der Waals surface area contributed by atoms with E-state index >= 15 is 0 Å². The van der Waals surface area contributed by atoms with Gasteiger partial charge in [0.05, 0.1) is 5.56 Å². The number of anilines is 1. The Balaban J connectivity index is 2.04. The number of pyridine rings is 1. The number of aromatic amines is 1. The number of sulfonamides is 1. The maximum Gasteiger partial charge on any atom is 0.416 e. The molecule has 0 unspecified atom stereocenters. The first-order chi connectivity index (χ1) is 12.1. The zero-order chi connectivity index (χ0) is 19.1. The van der Waals surface area contributed by atoms with Gasteiger partial charge in [0.25, 0.3) is 15.6 Å². The van der Waals surface area contributed by atoms with Crippen molar-refractivity contribution in [2.75, 3.05) is 4.72 Å². The highest BCUT2D eigenvalue weighted by molar-refractivity contribution is 7.93. The molecule has 0 aliphatic rings. The zero-order valence-electron chi connectivity index (χ0n) is 13.5. The van der Waals surface area contributed by atoms with Gasteiger partial charge in [0.1, 0.15) is 10.6 Å². The molecule has 2 heterocycles. The molecule has 3 aromatic rings. The third-order valence-electron chi connectivity index (χ3n) is 3.87. The van der Waals surface area contributed by atoms with Crippen molar-refractivity contribution in [3.8, 4) is 0 Å². The molecule has 138 valence electrons. The lowest BCUT2D eigenvalue weighted by atomic mass is 10.1. The van der Waals surface area contributed by atoms with E-state index in [0.29, 0.717) is 6.54 Å². The van der Waals surface area contributed by atoms with Gasteiger partial charge in [-0.25, -0.2) is 8.42 Å². The maximum atomic E-state index is 12.8. The van der Waals surface area contributed by atoms with E-state index in [2.05, 4.69) is 9.71 Å². The van der Waals surface area contributed by atoms with Crippen molar-refractivity contribution < 1.29 is 21.6 Å². The molecule has 3 rings (SSSR count). The van der Waals surface area contributed by atoms with E-state index in [4.69, 9.17) is 0 Å². The van der Waals surface area contributed by atoms with Crippen LogP contribution in [-0.4, -0.2) is 18.0 Å². The van der Waals surface area contributed by atoms with Crippen LogP contribution in [0.4, 0.5) is 18.9 Å². The fourth-order valence-electron chi connectivity index (χ4n) is 2.56. The van der Waals surface area contributed by atoms with E-state index in [1.807, 2.05) is 0 Å². The molecule has 0 bridgehead atoms. The van der Waals surface area contributed by atoms with E-state index in [0.717, 1.165) is 24.4 Å². The van der Waals surface area contributed by atoms with E-state index in [9.17, 15) is 26.4 Å². The summed E-state index contributed by atoms with van der Waals surface area (Å²) < 4.78 is 67.1. The van der Waals surface area contributed by atoms with Crippen molar-refractivity contribution in [1.29, 1.82) is 0 Å². The SMILES string of the molecule is CCn1cccc(NS(=O)(=O)c2c[nH]c3cc(C(F)(F)F)ccc23)c1=O. The average Bonchev–Trinajstić information content (AvgIpc) is 3.00. The Morgan fingerprint density at radius 1 is 1.23 bits per heavy atom. The Bertz CT molecular complexity index is 1130. The average molecular weight is 385 g/mol. The van der Waals surface area contributed by atoms with Crippen LogP contribution in [0.5, 0.6) is 0 Å². The minimum atomic E-state index is -4.54. The Morgan fingerprint density at radius 3 is 2.62 bits per heavy atom. The first-order valence-corrected chi connectivity index (χ1v) is 9.02. The summed E-state index contributed by atoms with van der Waals surface area (Å²) in [5.41, 5.74) is -1.52. The summed E-state index contributed by atoms with van der Waals surface area (Å²) in [4.78, 5) is 14.5. The van der Waals surface area contributed by atoms with E-state index in [1.54, 1.807) is 6.92 Å². The van der Waals surface area contributed by atoms with Crippen LogP contribution >= 0.6 is 0 Å². The molecule has 0 fully saturated rings. The summed E-state index contributed by atoms with van der Waals surface area (Å²) in [6.07, 6.45) is -1.93. The smallest absolute Gasteiger partial charge is 0.360 e. The first-order valence-electron chi connectivity index (χ1n) is 7.54. The number of halogens is 3. The van der Waals surface area contributed by atoms with Crippen LogP contribution in [0.1, 0.15) is 12.5 Å². The topological polar surface area (TPSA) is 84.0 Å². The van der Waals surface area contributed by atoms with Gasteiger partial charge in [-0.3, -0.25) is 9.52 Å². The Morgan fingerprint density at radius 2 is 1.96 bits per heavy atom. The number of nitrogens with zero attached hydrogens (tertiary/aromatic N) is 1. The van der Waals surface area contributed by atoms with Gasteiger partial charge in [-0.15, -0.1) is 0 Å². The summed E-state index contributed by atoms with van der Waals surface area (Å²) >= 11 is 0. The van der Waals surface area contributed by atoms with Crippen molar-refractivity contribution in [2.45, 2.75) is 24.5 Å². The van der Waals surface area contributed by atoms with Gasteiger partial charge in [-0.1, -0.05) is 6.07 Å². The van der Waals surface area contributed by atoms with Gasteiger partial charge in [0, 0.05) is 29.8 Å². The molecule has 0 radical (unpaired) electrons. The molecular weight excluding hydrogens is 371 g/mol. The van der Waals surface area contributed by atoms with Gasteiger partial charge in [-0.05, 0) is 31.2 Å². The quantitative estimate of drug-likeness (QED) is 0.724. The van der Waals surface area contributed by atoms with Gasteiger partial charge >= 0.3 is 6.18 Å². The largest absolute Gasteiger partial charge is 0.416 e. The summed E-state index contributed by atoms with van der Waals surface area (Å²) in [6.45, 7) is 2.10.